The molecule has 0 radical (unpaired) electrons. The Bertz CT molecular complexity index is 386. The maximum Gasteiger partial charge on any atom is 1.00 e. The zero-order valence-corrected chi connectivity index (χ0v) is 14.9. The first-order valence-electron chi connectivity index (χ1n) is 4.02. The van der Waals surface area contributed by atoms with Gasteiger partial charge in [0.05, 0.1) is 18.0 Å². The van der Waals surface area contributed by atoms with Crippen molar-refractivity contribution in [3.05, 3.63) is 28.8 Å². The monoisotopic (exact) mass is 274 g/mol. The fraction of sp³-hybridized carbons (Fsp3) is 0.222. The van der Waals surface area contributed by atoms with Gasteiger partial charge in [0.2, 0.25) is 0 Å². The Labute approximate surface area is 148 Å². The van der Waals surface area contributed by atoms with Crippen LogP contribution in [0.5, 0.6) is 0 Å². The van der Waals surface area contributed by atoms with E-state index in [4.69, 9.17) is 0 Å². The molecular weight excluding hydrogens is 266 g/mol. The third-order valence-electron chi connectivity index (χ3n) is 1.89. The van der Waals surface area contributed by atoms with Gasteiger partial charge < -0.3 is 15.2 Å². The molecule has 1 aromatic rings. The number of hydrogen-bond donors (Lipinski definition) is 0. The minimum atomic E-state index is -1.23. The maximum absolute atomic E-state index is 10.7. The summed E-state index contributed by atoms with van der Waals surface area (Å²) in [6.45, 7) is 3.33. The summed E-state index contributed by atoms with van der Waals surface area (Å²) < 4.78 is 4.15. The minimum Gasteiger partial charge on any atom is -0.691 e. The number of aromatic carboxylic acids is 1. The summed E-state index contributed by atoms with van der Waals surface area (Å²) in [6.07, 6.45) is 0. The summed E-state index contributed by atoms with van der Waals surface area (Å²) >= 11 is 0.734. The van der Waals surface area contributed by atoms with Crippen LogP contribution in [-0.2, 0) is 9.37 Å². The van der Waals surface area contributed by atoms with E-state index >= 15 is 0 Å². The molecule has 0 aliphatic rings. The van der Waals surface area contributed by atoms with E-state index in [0.29, 0.717) is 16.0 Å². The van der Waals surface area contributed by atoms with Gasteiger partial charge in [-0.2, -0.15) is 4.33 Å². The number of benzene rings is 1. The molecule has 0 aliphatic carbocycles. The minimum absolute atomic E-state index is 0. The molecule has 82 valence electrons. The normalized spacial score (nSPS) is 9.12. The van der Waals surface area contributed by atoms with Gasteiger partial charge in [-0.25, -0.2) is 0 Å². The van der Waals surface area contributed by atoms with Crippen LogP contribution in [0.3, 0.4) is 0 Å². The number of carbonyl (C=O) groups excluding carboxylic acids is 1. The van der Waals surface area contributed by atoms with Crippen LogP contribution in [0.1, 0.15) is 21.5 Å². The Morgan fingerprint density at radius 1 is 1.24 bits per heavy atom. The molecule has 5 nitrogen and oxygen atoms in total. The number of rotatable bonds is 4. The zero-order valence-electron chi connectivity index (χ0n) is 10.1. The van der Waals surface area contributed by atoms with Gasteiger partial charge in [-0.3, -0.25) is 5.04 Å². The fourth-order valence-corrected chi connectivity index (χ4v) is 1.67. The molecule has 0 aliphatic heterocycles. The Morgan fingerprint density at radius 3 is 2.29 bits per heavy atom. The van der Waals surface area contributed by atoms with Crippen molar-refractivity contribution in [3.63, 3.8) is 0 Å². The van der Waals surface area contributed by atoms with Gasteiger partial charge in [0.15, 0.2) is 0 Å². The van der Waals surface area contributed by atoms with Crippen LogP contribution in [0.15, 0.2) is 17.0 Å². The van der Waals surface area contributed by atoms with Crippen LogP contribution in [0.25, 0.3) is 0 Å². The summed E-state index contributed by atoms with van der Waals surface area (Å²) in [5.74, 6) is -1.23. The van der Waals surface area contributed by atoms with E-state index in [1.54, 1.807) is 19.9 Å². The number of carboxylic acids is 1. The molecule has 0 saturated carbocycles. The number of aryl methyl sites for hydroxylation is 2. The summed E-state index contributed by atoms with van der Waals surface area (Å²) in [5, 5.41) is 23.5. The standard InChI is InChI=1S/C9H10O5S.2Na/c1-5-4-8(15-14-13-12)6(2)3-7(5)9(10)11;;/h3-4,12H,1-2H3,(H,10,11);;/q;2*+1/p-2. The van der Waals surface area contributed by atoms with Crippen LogP contribution < -0.4 is 69.5 Å². The molecule has 0 heterocycles. The maximum atomic E-state index is 10.7. The second-order valence-electron chi connectivity index (χ2n) is 2.94. The summed E-state index contributed by atoms with van der Waals surface area (Å²) in [5.41, 5.74) is 1.33. The van der Waals surface area contributed by atoms with E-state index in [1.807, 2.05) is 0 Å². The molecule has 0 spiro atoms. The van der Waals surface area contributed by atoms with Crippen LogP contribution in [0.2, 0.25) is 0 Å². The van der Waals surface area contributed by atoms with Crippen molar-refractivity contribution in [1.82, 2.24) is 0 Å². The molecule has 0 atom stereocenters. The van der Waals surface area contributed by atoms with Gasteiger partial charge in [-0.05, 0) is 37.1 Å². The Balaban J connectivity index is 0. The third-order valence-corrected chi connectivity index (χ3v) is 2.64. The van der Waals surface area contributed by atoms with Gasteiger partial charge in [-0.15, -0.1) is 0 Å². The van der Waals surface area contributed by atoms with Crippen molar-refractivity contribution in [2.45, 2.75) is 18.7 Å². The van der Waals surface area contributed by atoms with Crippen molar-refractivity contribution in [3.8, 4) is 0 Å². The Kier molecular flexibility index (Phi) is 11.7. The molecule has 0 aromatic heterocycles. The summed E-state index contributed by atoms with van der Waals surface area (Å²) in [4.78, 5) is 11.3. The fourth-order valence-electron chi connectivity index (χ4n) is 1.15. The van der Waals surface area contributed by atoms with Crippen molar-refractivity contribution < 1.29 is 83.6 Å². The van der Waals surface area contributed by atoms with Gasteiger partial charge >= 0.3 is 59.1 Å². The Hall–Kier alpha value is 0.920. The van der Waals surface area contributed by atoms with E-state index in [-0.39, 0.29) is 64.7 Å². The number of carbonyl (C=O) groups is 1. The molecule has 1 aromatic carbocycles. The van der Waals surface area contributed by atoms with E-state index in [0.717, 1.165) is 12.0 Å². The zero-order chi connectivity index (χ0) is 11.4. The molecule has 8 heteroatoms. The van der Waals surface area contributed by atoms with Crippen LogP contribution in [0.4, 0.5) is 0 Å². The predicted octanol–water partition coefficient (Wildman–Crippen LogP) is -6.09. The smallest absolute Gasteiger partial charge is 0.691 e. The SMILES string of the molecule is Cc1cc(C(=O)[O-])c(C)cc1SOO[O-].[Na+].[Na+]. The van der Waals surface area contributed by atoms with Gasteiger partial charge in [-0.1, -0.05) is 0 Å². The first-order chi connectivity index (χ1) is 7.06. The molecule has 0 fully saturated rings. The van der Waals surface area contributed by atoms with Gasteiger partial charge in [0.1, 0.15) is 0 Å². The third kappa shape index (κ3) is 6.07. The molecule has 0 N–H and O–H groups in total. The number of hydrogen-bond acceptors (Lipinski definition) is 6. The molecule has 1 rings (SSSR count). The van der Waals surface area contributed by atoms with Crippen LogP contribution in [0, 0.1) is 13.8 Å². The van der Waals surface area contributed by atoms with E-state index in [9.17, 15) is 15.2 Å². The molecule has 0 bridgehead atoms. The first kappa shape index (κ1) is 20.2. The van der Waals surface area contributed by atoms with Crippen molar-refractivity contribution in [2.24, 2.45) is 0 Å². The average molecular weight is 274 g/mol. The van der Waals surface area contributed by atoms with Crippen LogP contribution in [-0.4, -0.2) is 5.97 Å². The van der Waals surface area contributed by atoms with Gasteiger partial charge in [0, 0.05) is 10.5 Å². The van der Waals surface area contributed by atoms with Crippen molar-refractivity contribution in [1.29, 1.82) is 0 Å². The number of carboxylic acid groups (broad SMARTS) is 1. The molecule has 0 unspecified atom stereocenters. The van der Waals surface area contributed by atoms with E-state index < -0.39 is 5.97 Å². The quantitative estimate of drug-likeness (QED) is 0.235. The molecule has 0 saturated heterocycles. The van der Waals surface area contributed by atoms with Crippen LogP contribution >= 0.6 is 12.0 Å². The molecular formula is C9H8Na2O5S. The van der Waals surface area contributed by atoms with Crippen molar-refractivity contribution in [2.75, 3.05) is 0 Å². The predicted molar refractivity (Wildman–Crippen MR) is 48.3 cm³/mol. The average Bonchev–Trinajstić information content (AvgIpc) is 2.18. The topological polar surface area (TPSA) is 81.7 Å². The second kappa shape index (κ2) is 9.80. The van der Waals surface area contributed by atoms with E-state index in [1.165, 1.54) is 6.07 Å². The molecule has 17 heavy (non-hydrogen) atoms. The molecule has 0 amide bonds. The summed E-state index contributed by atoms with van der Waals surface area (Å²) in [7, 11) is 0. The Morgan fingerprint density at radius 2 is 1.82 bits per heavy atom. The second-order valence-corrected chi connectivity index (χ2v) is 3.68. The van der Waals surface area contributed by atoms with E-state index in [2.05, 4.69) is 9.37 Å². The largest absolute Gasteiger partial charge is 1.00 e. The summed E-state index contributed by atoms with van der Waals surface area (Å²) in [6, 6.07) is 3.05. The first-order valence-corrected chi connectivity index (χ1v) is 4.76. The van der Waals surface area contributed by atoms with Gasteiger partial charge in [0.25, 0.3) is 0 Å². The van der Waals surface area contributed by atoms with Crippen molar-refractivity contribution >= 4 is 18.0 Å².